The Morgan fingerprint density at radius 2 is 0.813 bits per heavy atom. The Morgan fingerprint density at radius 3 is 1.24 bits per heavy atom. The van der Waals surface area contributed by atoms with Crippen LogP contribution in [0.4, 0.5) is 0 Å². The summed E-state index contributed by atoms with van der Waals surface area (Å²) in [7, 11) is 0. The van der Waals surface area contributed by atoms with Gasteiger partial charge in [-0.2, -0.15) is 0 Å². The number of aliphatic hydroxyl groups excluding tert-OH is 7. The Labute approximate surface area is 449 Å². The van der Waals surface area contributed by atoms with E-state index in [0.717, 1.165) is 96.3 Å². The topological polar surface area (TPSA) is 214 Å². The van der Waals surface area contributed by atoms with Crippen molar-refractivity contribution >= 4 is 5.97 Å². The van der Waals surface area contributed by atoms with Gasteiger partial charge in [0.1, 0.15) is 54.9 Å². The quantitative estimate of drug-likeness (QED) is 0.0173. The maximum absolute atomic E-state index is 13.0. The molecule has 0 spiro atoms. The Morgan fingerprint density at radius 1 is 0.440 bits per heavy atom. The van der Waals surface area contributed by atoms with Gasteiger partial charge in [0.15, 0.2) is 12.6 Å². The molecule has 11 unspecified atom stereocenters. The van der Waals surface area contributed by atoms with E-state index in [1.165, 1.54) is 0 Å². The number of carbonyl (C=O) groups excluding carboxylic acids is 1. The molecule has 7 N–H and O–H groups in total. The van der Waals surface area contributed by atoms with E-state index in [4.69, 9.17) is 28.4 Å². The predicted octanol–water partition coefficient (Wildman–Crippen LogP) is 9.29. The second-order valence-corrected chi connectivity index (χ2v) is 18.3. The molecule has 2 rings (SSSR count). The molecule has 75 heavy (non-hydrogen) atoms. The average Bonchev–Trinajstić information content (AvgIpc) is 3.41. The van der Waals surface area contributed by atoms with Crippen LogP contribution in [0.15, 0.2) is 146 Å². The Kier molecular flexibility index (Phi) is 41.1. The molecule has 2 aliphatic rings. The van der Waals surface area contributed by atoms with Gasteiger partial charge in [-0.15, -0.1) is 0 Å². The molecule has 11 atom stereocenters. The van der Waals surface area contributed by atoms with Crippen LogP contribution in [0.3, 0.4) is 0 Å². The van der Waals surface area contributed by atoms with Gasteiger partial charge in [-0.3, -0.25) is 4.79 Å². The highest BCUT2D eigenvalue weighted by molar-refractivity contribution is 5.69. The molecule has 0 aromatic rings. The number of allylic oxidation sites excluding steroid dienone is 24. The van der Waals surface area contributed by atoms with Gasteiger partial charge >= 0.3 is 5.97 Å². The van der Waals surface area contributed by atoms with E-state index in [1.54, 1.807) is 0 Å². The van der Waals surface area contributed by atoms with Crippen molar-refractivity contribution in [2.45, 2.75) is 197 Å². The van der Waals surface area contributed by atoms with E-state index in [-0.39, 0.29) is 19.6 Å². The first-order chi connectivity index (χ1) is 36.6. The second kappa shape index (κ2) is 46.0. The van der Waals surface area contributed by atoms with Gasteiger partial charge < -0.3 is 64.2 Å². The minimum absolute atomic E-state index is 0.00306. The monoisotopic (exact) mass is 1050 g/mol. The minimum Gasteiger partial charge on any atom is -0.457 e. The van der Waals surface area contributed by atoms with Crippen molar-refractivity contribution in [2.75, 3.05) is 33.0 Å². The van der Waals surface area contributed by atoms with Gasteiger partial charge in [-0.1, -0.05) is 160 Å². The van der Waals surface area contributed by atoms with E-state index in [2.05, 4.69) is 154 Å². The molecule has 0 saturated carbocycles. The summed E-state index contributed by atoms with van der Waals surface area (Å²) in [5.41, 5.74) is 0. The molecule has 0 aromatic heterocycles. The third-order valence-electron chi connectivity index (χ3n) is 11.8. The maximum Gasteiger partial charge on any atom is 0.306 e. The first-order valence-corrected chi connectivity index (χ1v) is 27.4. The fraction of sp³-hybridized carbons (Fsp3) is 0.590. The molecule has 14 nitrogen and oxygen atoms in total. The fourth-order valence-corrected chi connectivity index (χ4v) is 7.47. The van der Waals surface area contributed by atoms with Gasteiger partial charge in [0, 0.05) is 13.0 Å². The molecule has 0 amide bonds. The molecular formula is C61H94O14. The summed E-state index contributed by atoms with van der Waals surface area (Å²) in [6, 6.07) is 0. The summed E-state index contributed by atoms with van der Waals surface area (Å²) in [5, 5.41) is 72.3. The van der Waals surface area contributed by atoms with Crippen molar-refractivity contribution in [1.29, 1.82) is 0 Å². The Hall–Kier alpha value is -4.13. The predicted molar refractivity (Wildman–Crippen MR) is 297 cm³/mol. The van der Waals surface area contributed by atoms with Gasteiger partial charge in [0.05, 0.1) is 26.4 Å². The van der Waals surface area contributed by atoms with Crippen LogP contribution in [-0.2, 0) is 33.2 Å². The number of esters is 1. The summed E-state index contributed by atoms with van der Waals surface area (Å²) in [6.07, 6.45) is 50.6. The molecule has 2 fully saturated rings. The van der Waals surface area contributed by atoms with E-state index in [9.17, 15) is 40.5 Å². The summed E-state index contributed by atoms with van der Waals surface area (Å²) < 4.78 is 34.2. The summed E-state index contributed by atoms with van der Waals surface area (Å²) >= 11 is 0. The van der Waals surface area contributed by atoms with E-state index < -0.39 is 86.7 Å². The van der Waals surface area contributed by atoms with Gasteiger partial charge in [-0.05, 0) is 109 Å². The molecule has 0 aromatic carbocycles. The number of hydrogen-bond donors (Lipinski definition) is 7. The lowest BCUT2D eigenvalue weighted by atomic mass is 9.98. The van der Waals surface area contributed by atoms with Crippen molar-refractivity contribution < 1.29 is 69.0 Å². The molecule has 2 saturated heterocycles. The van der Waals surface area contributed by atoms with Crippen LogP contribution >= 0.6 is 0 Å². The lowest BCUT2D eigenvalue weighted by Gasteiger charge is -2.42. The lowest BCUT2D eigenvalue weighted by Crippen LogP contribution is -2.61. The highest BCUT2D eigenvalue weighted by Gasteiger charge is 2.47. The molecule has 422 valence electrons. The van der Waals surface area contributed by atoms with Crippen molar-refractivity contribution in [1.82, 2.24) is 0 Å². The maximum atomic E-state index is 13.0. The third-order valence-corrected chi connectivity index (χ3v) is 11.8. The third kappa shape index (κ3) is 32.9. The summed E-state index contributed by atoms with van der Waals surface area (Å²) in [4.78, 5) is 13.0. The first kappa shape index (κ1) is 67.0. The smallest absolute Gasteiger partial charge is 0.306 e. The molecule has 0 aliphatic carbocycles. The standard InChI is InChI=1S/C61H94O14/c1-3-5-7-9-11-13-15-17-19-21-23-24-25-26-27-28-30-32-34-36-38-40-42-44-53(63)73-50(47-70-45-43-41-39-37-35-33-31-29-22-20-18-16-14-12-10-8-6-4-2)48-71-60-59(69)57(67)55(65)52(75-60)49-72-61-58(68)56(66)54(64)51(46-62)74-61/h5-8,11-14,17-20,23-24,26-27,29-32,35-38,50-52,54-62,64-69H,3-4,9-10,15-16,21-22,25,28,33-34,39-49H2,1-2H3/b7-5-,8-6-,13-11-,14-12-,19-17-,20-18-,24-23-,27-26-,31-29-,32-30-,37-35-,38-36-. The molecule has 14 heteroatoms. The van der Waals surface area contributed by atoms with Gasteiger partial charge in [0.2, 0.25) is 0 Å². The van der Waals surface area contributed by atoms with Gasteiger partial charge in [-0.25, -0.2) is 0 Å². The molecule has 0 bridgehead atoms. The van der Waals surface area contributed by atoms with Crippen molar-refractivity contribution in [2.24, 2.45) is 0 Å². The zero-order chi connectivity index (χ0) is 54.4. The normalized spacial score (nSPS) is 25.8. The first-order valence-electron chi connectivity index (χ1n) is 27.4. The second-order valence-electron chi connectivity index (χ2n) is 18.3. The highest BCUT2D eigenvalue weighted by Crippen LogP contribution is 2.26. The molecule has 2 heterocycles. The van der Waals surface area contributed by atoms with Crippen LogP contribution in [0.5, 0.6) is 0 Å². The molecule has 0 radical (unpaired) electrons. The van der Waals surface area contributed by atoms with Crippen molar-refractivity contribution in [3.63, 3.8) is 0 Å². The van der Waals surface area contributed by atoms with E-state index in [0.29, 0.717) is 19.4 Å². The van der Waals surface area contributed by atoms with Gasteiger partial charge in [0.25, 0.3) is 0 Å². The number of aliphatic hydroxyl groups is 7. The number of ether oxygens (including phenoxy) is 6. The average molecular weight is 1050 g/mol. The number of rotatable bonds is 41. The zero-order valence-electron chi connectivity index (χ0n) is 45.0. The van der Waals surface area contributed by atoms with Crippen LogP contribution in [0, 0.1) is 0 Å². The largest absolute Gasteiger partial charge is 0.457 e. The van der Waals surface area contributed by atoms with Crippen molar-refractivity contribution in [3.8, 4) is 0 Å². The summed E-state index contributed by atoms with van der Waals surface area (Å²) in [6.45, 7) is 3.22. The fourth-order valence-electron chi connectivity index (χ4n) is 7.47. The van der Waals surface area contributed by atoms with E-state index in [1.807, 2.05) is 6.08 Å². The summed E-state index contributed by atoms with van der Waals surface area (Å²) in [5.74, 6) is -0.456. The molecule has 2 aliphatic heterocycles. The minimum atomic E-state index is -1.74. The number of unbranched alkanes of at least 4 members (excludes halogenated alkanes) is 3. The van der Waals surface area contributed by atoms with Crippen molar-refractivity contribution in [3.05, 3.63) is 146 Å². The SMILES string of the molecule is CC/C=C\C/C=C\C/C=C\C/C=C\C/C=C\C/C=C\C/C=C\CCCC(=O)OC(COCCCC/C=C\C/C=C\C/C=C\C/C=C\C/C=C\CC)COC1OC(COC2OC(CO)C(O)C(O)C2O)C(O)C(O)C1O. The van der Waals surface area contributed by atoms with Crippen LogP contribution in [0.25, 0.3) is 0 Å². The lowest BCUT2D eigenvalue weighted by molar-refractivity contribution is -0.332. The van der Waals surface area contributed by atoms with Crippen LogP contribution in [0.2, 0.25) is 0 Å². The number of hydrogen-bond acceptors (Lipinski definition) is 14. The van der Waals surface area contributed by atoms with Crippen LogP contribution in [-0.4, -0.2) is 142 Å². The van der Waals surface area contributed by atoms with Crippen LogP contribution < -0.4 is 0 Å². The Balaban J connectivity index is 1.80. The highest BCUT2D eigenvalue weighted by atomic mass is 16.7. The number of carbonyl (C=O) groups is 1. The zero-order valence-corrected chi connectivity index (χ0v) is 45.0. The Bertz CT molecular complexity index is 1790. The van der Waals surface area contributed by atoms with Crippen LogP contribution in [0.1, 0.15) is 129 Å². The molecular weight excluding hydrogens is 957 g/mol. The van der Waals surface area contributed by atoms with E-state index >= 15 is 0 Å².